The molecule has 14 heavy (non-hydrogen) atoms. The third-order valence-electron chi connectivity index (χ3n) is 2.83. The van der Waals surface area contributed by atoms with Crippen molar-refractivity contribution in [2.24, 2.45) is 5.92 Å². The number of hydrogen-bond donors (Lipinski definition) is 1. The summed E-state index contributed by atoms with van der Waals surface area (Å²) in [5, 5.41) is 2.95. The molecule has 0 unspecified atom stereocenters. The van der Waals surface area contributed by atoms with Gasteiger partial charge in [-0.05, 0) is 12.8 Å². The first kappa shape index (κ1) is 9.49. The summed E-state index contributed by atoms with van der Waals surface area (Å²) in [5.74, 6) is 0.631. The molecule has 2 rings (SSSR count). The number of carbonyl (C=O) groups is 2. The molecule has 2 fully saturated rings. The second kappa shape index (κ2) is 3.59. The molecular formula is C10H16N2O2. The van der Waals surface area contributed by atoms with E-state index in [0.29, 0.717) is 19.5 Å². The molecule has 1 saturated carbocycles. The van der Waals surface area contributed by atoms with E-state index in [2.05, 4.69) is 5.32 Å². The van der Waals surface area contributed by atoms with Crippen LogP contribution in [0, 0.1) is 5.92 Å². The van der Waals surface area contributed by atoms with Crippen molar-refractivity contribution in [3.8, 4) is 0 Å². The fraction of sp³-hybridized carbons (Fsp3) is 0.800. The molecule has 0 bridgehead atoms. The van der Waals surface area contributed by atoms with Crippen LogP contribution in [0.4, 0.5) is 0 Å². The third-order valence-corrected chi connectivity index (χ3v) is 2.83. The van der Waals surface area contributed by atoms with E-state index < -0.39 is 0 Å². The molecule has 0 radical (unpaired) electrons. The van der Waals surface area contributed by atoms with Gasteiger partial charge >= 0.3 is 0 Å². The lowest BCUT2D eigenvalue weighted by molar-refractivity contribution is -0.137. The van der Waals surface area contributed by atoms with E-state index in [1.807, 2.05) is 6.92 Å². The average molecular weight is 196 g/mol. The van der Waals surface area contributed by atoms with Gasteiger partial charge in [0.25, 0.3) is 0 Å². The molecule has 0 aromatic rings. The molecule has 1 aliphatic carbocycles. The van der Waals surface area contributed by atoms with Gasteiger partial charge in [-0.15, -0.1) is 0 Å². The third kappa shape index (κ3) is 1.89. The molecule has 1 aliphatic heterocycles. The number of amides is 2. The van der Waals surface area contributed by atoms with Crippen molar-refractivity contribution in [1.29, 1.82) is 0 Å². The highest BCUT2D eigenvalue weighted by Crippen LogP contribution is 2.29. The van der Waals surface area contributed by atoms with Crippen molar-refractivity contribution in [2.75, 3.05) is 13.1 Å². The van der Waals surface area contributed by atoms with Gasteiger partial charge in [0, 0.05) is 25.4 Å². The van der Waals surface area contributed by atoms with Gasteiger partial charge in [-0.25, -0.2) is 0 Å². The van der Waals surface area contributed by atoms with E-state index in [0.717, 1.165) is 12.8 Å². The van der Waals surface area contributed by atoms with E-state index in [4.69, 9.17) is 0 Å². The predicted octanol–water partition coefficient (Wildman–Crippen LogP) is 0.133. The zero-order valence-electron chi connectivity index (χ0n) is 8.45. The lowest BCUT2D eigenvalue weighted by Gasteiger charge is -2.39. The largest absolute Gasteiger partial charge is 0.350 e. The number of nitrogens with one attached hydrogen (secondary N) is 1. The second-order valence-electron chi connectivity index (χ2n) is 4.13. The molecule has 1 N–H and O–H groups in total. The van der Waals surface area contributed by atoms with Crippen molar-refractivity contribution in [1.82, 2.24) is 10.2 Å². The predicted molar refractivity (Wildman–Crippen MR) is 51.5 cm³/mol. The van der Waals surface area contributed by atoms with Crippen LogP contribution >= 0.6 is 0 Å². The number of carbonyl (C=O) groups excluding carboxylic acids is 2. The Morgan fingerprint density at radius 3 is 2.50 bits per heavy atom. The normalized spacial score (nSPS) is 21.6. The van der Waals surface area contributed by atoms with E-state index in [-0.39, 0.29) is 23.8 Å². The fourth-order valence-electron chi connectivity index (χ4n) is 1.66. The number of nitrogens with zero attached hydrogens (tertiary/aromatic N) is 1. The van der Waals surface area contributed by atoms with Crippen LogP contribution in [0.5, 0.6) is 0 Å². The molecule has 4 heteroatoms. The molecule has 4 nitrogen and oxygen atoms in total. The molecule has 0 spiro atoms. The standard InChI is InChI=1S/C10H16N2O2/c1-2-9(13)12-5-8(6-12)11-10(14)7-3-4-7/h7-8H,2-6H2,1H3,(H,11,14). The highest BCUT2D eigenvalue weighted by atomic mass is 16.2. The van der Waals surface area contributed by atoms with Crippen LogP contribution in [-0.2, 0) is 9.59 Å². The van der Waals surface area contributed by atoms with Gasteiger partial charge in [0.05, 0.1) is 6.04 Å². The van der Waals surface area contributed by atoms with Crippen LogP contribution in [0.3, 0.4) is 0 Å². The molecular weight excluding hydrogens is 180 g/mol. The van der Waals surface area contributed by atoms with Gasteiger partial charge in [0.2, 0.25) is 11.8 Å². The highest BCUT2D eigenvalue weighted by molar-refractivity contribution is 5.82. The Labute approximate surface area is 83.6 Å². The van der Waals surface area contributed by atoms with E-state index >= 15 is 0 Å². The second-order valence-corrected chi connectivity index (χ2v) is 4.13. The van der Waals surface area contributed by atoms with Gasteiger partial charge in [-0.3, -0.25) is 9.59 Å². The van der Waals surface area contributed by atoms with Gasteiger partial charge in [0.15, 0.2) is 0 Å². The maximum absolute atomic E-state index is 11.3. The topological polar surface area (TPSA) is 49.4 Å². The summed E-state index contributed by atoms with van der Waals surface area (Å²) >= 11 is 0. The monoisotopic (exact) mass is 196 g/mol. The molecule has 2 amide bonds. The number of likely N-dealkylation sites (tertiary alicyclic amines) is 1. The van der Waals surface area contributed by atoms with Crippen LogP contribution in [-0.4, -0.2) is 35.8 Å². The zero-order chi connectivity index (χ0) is 10.1. The fourth-order valence-corrected chi connectivity index (χ4v) is 1.66. The summed E-state index contributed by atoms with van der Waals surface area (Å²) in [4.78, 5) is 24.3. The first-order valence-electron chi connectivity index (χ1n) is 5.29. The lowest BCUT2D eigenvalue weighted by Crippen LogP contribution is -2.61. The Balaban J connectivity index is 1.67. The first-order chi connectivity index (χ1) is 6.70. The molecule has 2 aliphatic rings. The SMILES string of the molecule is CCC(=O)N1CC(NC(=O)C2CC2)C1. The summed E-state index contributed by atoms with van der Waals surface area (Å²) in [6.45, 7) is 3.26. The van der Waals surface area contributed by atoms with Crippen LogP contribution < -0.4 is 5.32 Å². The van der Waals surface area contributed by atoms with Crippen molar-refractivity contribution < 1.29 is 9.59 Å². The van der Waals surface area contributed by atoms with Gasteiger partial charge in [-0.1, -0.05) is 6.92 Å². The summed E-state index contributed by atoms with van der Waals surface area (Å²) in [6.07, 6.45) is 2.63. The van der Waals surface area contributed by atoms with Crippen molar-refractivity contribution >= 4 is 11.8 Å². The van der Waals surface area contributed by atoms with Crippen LogP contribution in [0.2, 0.25) is 0 Å². The van der Waals surface area contributed by atoms with Crippen LogP contribution in [0.1, 0.15) is 26.2 Å². The van der Waals surface area contributed by atoms with Crippen LogP contribution in [0.15, 0.2) is 0 Å². The molecule has 0 aromatic heterocycles. The zero-order valence-corrected chi connectivity index (χ0v) is 8.45. The summed E-state index contributed by atoms with van der Waals surface area (Å²) in [5.41, 5.74) is 0. The first-order valence-corrected chi connectivity index (χ1v) is 5.29. The van der Waals surface area contributed by atoms with Gasteiger partial charge < -0.3 is 10.2 Å². The summed E-state index contributed by atoms with van der Waals surface area (Å²) < 4.78 is 0. The van der Waals surface area contributed by atoms with E-state index in [1.165, 1.54) is 0 Å². The van der Waals surface area contributed by atoms with Crippen molar-refractivity contribution in [3.63, 3.8) is 0 Å². The Morgan fingerprint density at radius 1 is 1.36 bits per heavy atom. The van der Waals surface area contributed by atoms with Gasteiger partial charge in [0.1, 0.15) is 0 Å². The molecule has 78 valence electrons. The molecule has 1 saturated heterocycles. The van der Waals surface area contributed by atoms with Gasteiger partial charge in [-0.2, -0.15) is 0 Å². The molecule has 1 heterocycles. The minimum absolute atomic E-state index is 0.179. The average Bonchev–Trinajstić information content (AvgIpc) is 2.91. The molecule has 0 atom stereocenters. The quantitative estimate of drug-likeness (QED) is 0.697. The Hall–Kier alpha value is -1.06. The minimum atomic E-state index is 0.179. The number of rotatable bonds is 3. The maximum atomic E-state index is 11.3. The minimum Gasteiger partial charge on any atom is -0.350 e. The van der Waals surface area contributed by atoms with Crippen molar-refractivity contribution in [2.45, 2.75) is 32.2 Å². The maximum Gasteiger partial charge on any atom is 0.223 e. The molecule has 0 aromatic carbocycles. The van der Waals surface area contributed by atoms with Crippen LogP contribution in [0.25, 0.3) is 0 Å². The Kier molecular flexibility index (Phi) is 2.44. The smallest absolute Gasteiger partial charge is 0.223 e. The summed E-state index contributed by atoms with van der Waals surface area (Å²) in [7, 11) is 0. The number of hydrogen-bond acceptors (Lipinski definition) is 2. The summed E-state index contributed by atoms with van der Waals surface area (Å²) in [6, 6.07) is 0.207. The van der Waals surface area contributed by atoms with Crippen molar-refractivity contribution in [3.05, 3.63) is 0 Å². The lowest BCUT2D eigenvalue weighted by atomic mass is 10.1. The Morgan fingerprint density at radius 2 is 2.00 bits per heavy atom. The Bertz CT molecular complexity index is 255. The van der Waals surface area contributed by atoms with E-state index in [1.54, 1.807) is 4.90 Å². The van der Waals surface area contributed by atoms with E-state index in [9.17, 15) is 9.59 Å². The highest BCUT2D eigenvalue weighted by Gasteiger charge is 2.35.